The van der Waals surface area contributed by atoms with Gasteiger partial charge in [0, 0.05) is 19.0 Å². The van der Waals surface area contributed by atoms with Gasteiger partial charge in [-0.2, -0.15) is 0 Å². The van der Waals surface area contributed by atoms with Crippen LogP contribution in [0.1, 0.15) is 37.5 Å². The predicted molar refractivity (Wildman–Crippen MR) is 53.7 cm³/mol. The van der Waals surface area contributed by atoms with E-state index in [1.807, 2.05) is 0 Å². The summed E-state index contributed by atoms with van der Waals surface area (Å²) < 4.78 is 5.53. The number of aromatic amines is 1. The Bertz CT molecular complexity index is 254. The number of aromatic nitrogens is 2. The number of hydrogen-bond donors (Lipinski definition) is 2. The van der Waals surface area contributed by atoms with E-state index in [4.69, 9.17) is 10.5 Å². The van der Waals surface area contributed by atoms with Crippen molar-refractivity contribution >= 4 is 0 Å². The summed E-state index contributed by atoms with van der Waals surface area (Å²) >= 11 is 0. The molecule has 78 valence electrons. The number of imidazole rings is 1. The third kappa shape index (κ3) is 2.33. The molecular formula is C10H17N3O. The standard InChI is InChI=1S/C10H17N3O/c11-9(10-12-5-6-13-10)4-3-8-2-1-7-14-8/h5-6,8-9H,1-4,7,11H2,(H,12,13). The second kappa shape index (κ2) is 4.57. The fourth-order valence-corrected chi connectivity index (χ4v) is 1.85. The zero-order valence-corrected chi connectivity index (χ0v) is 8.28. The Kier molecular flexibility index (Phi) is 3.16. The van der Waals surface area contributed by atoms with E-state index in [0.717, 1.165) is 25.3 Å². The summed E-state index contributed by atoms with van der Waals surface area (Å²) in [4.78, 5) is 7.18. The molecule has 0 radical (unpaired) electrons. The maximum atomic E-state index is 5.97. The van der Waals surface area contributed by atoms with Crippen molar-refractivity contribution in [2.75, 3.05) is 6.61 Å². The molecule has 0 bridgehead atoms. The zero-order valence-electron chi connectivity index (χ0n) is 8.28. The number of nitrogens with zero attached hydrogens (tertiary/aromatic N) is 1. The molecule has 0 aliphatic carbocycles. The highest BCUT2D eigenvalue weighted by molar-refractivity contribution is 4.94. The summed E-state index contributed by atoms with van der Waals surface area (Å²) in [5.74, 6) is 0.878. The van der Waals surface area contributed by atoms with Crippen molar-refractivity contribution in [3.05, 3.63) is 18.2 Å². The first kappa shape index (κ1) is 9.68. The van der Waals surface area contributed by atoms with E-state index in [-0.39, 0.29) is 6.04 Å². The fraction of sp³-hybridized carbons (Fsp3) is 0.700. The van der Waals surface area contributed by atoms with E-state index >= 15 is 0 Å². The average molecular weight is 195 g/mol. The van der Waals surface area contributed by atoms with Gasteiger partial charge in [0.15, 0.2) is 0 Å². The third-order valence-electron chi connectivity index (χ3n) is 2.69. The van der Waals surface area contributed by atoms with E-state index in [1.165, 1.54) is 12.8 Å². The van der Waals surface area contributed by atoms with Crippen LogP contribution in [-0.2, 0) is 4.74 Å². The van der Waals surface area contributed by atoms with Crippen LogP contribution in [0, 0.1) is 0 Å². The Morgan fingerprint density at radius 3 is 3.29 bits per heavy atom. The molecule has 1 aromatic heterocycles. The van der Waals surface area contributed by atoms with Crippen LogP contribution in [0.4, 0.5) is 0 Å². The van der Waals surface area contributed by atoms with Gasteiger partial charge in [-0.1, -0.05) is 0 Å². The first-order valence-corrected chi connectivity index (χ1v) is 5.22. The van der Waals surface area contributed by atoms with Crippen molar-refractivity contribution < 1.29 is 4.74 Å². The lowest BCUT2D eigenvalue weighted by Crippen LogP contribution is -2.15. The molecule has 1 saturated heterocycles. The van der Waals surface area contributed by atoms with Gasteiger partial charge >= 0.3 is 0 Å². The lowest BCUT2D eigenvalue weighted by atomic mass is 10.1. The van der Waals surface area contributed by atoms with Crippen LogP contribution in [0.2, 0.25) is 0 Å². The van der Waals surface area contributed by atoms with Gasteiger partial charge in [-0.25, -0.2) is 4.98 Å². The van der Waals surface area contributed by atoms with Gasteiger partial charge in [0.1, 0.15) is 5.82 Å². The number of ether oxygens (including phenoxy) is 1. The van der Waals surface area contributed by atoms with Crippen molar-refractivity contribution in [1.82, 2.24) is 9.97 Å². The number of nitrogens with one attached hydrogen (secondary N) is 1. The first-order chi connectivity index (χ1) is 6.86. The molecule has 0 spiro atoms. The molecule has 4 heteroatoms. The van der Waals surface area contributed by atoms with Gasteiger partial charge < -0.3 is 15.5 Å². The maximum Gasteiger partial charge on any atom is 0.123 e. The van der Waals surface area contributed by atoms with Gasteiger partial charge in [-0.05, 0) is 25.7 Å². The van der Waals surface area contributed by atoms with Gasteiger partial charge in [0.05, 0.1) is 12.1 Å². The Morgan fingerprint density at radius 1 is 1.71 bits per heavy atom. The second-order valence-corrected chi connectivity index (χ2v) is 3.79. The predicted octanol–water partition coefficient (Wildman–Crippen LogP) is 1.37. The van der Waals surface area contributed by atoms with Crippen molar-refractivity contribution in [1.29, 1.82) is 0 Å². The number of H-pyrrole nitrogens is 1. The molecule has 2 heterocycles. The van der Waals surface area contributed by atoms with Crippen molar-refractivity contribution in [3.63, 3.8) is 0 Å². The lowest BCUT2D eigenvalue weighted by molar-refractivity contribution is 0.101. The molecule has 0 aromatic carbocycles. The number of rotatable bonds is 4. The molecule has 1 fully saturated rings. The summed E-state index contributed by atoms with van der Waals surface area (Å²) in [6, 6.07) is 0.0224. The van der Waals surface area contributed by atoms with E-state index in [1.54, 1.807) is 12.4 Å². The molecule has 0 saturated carbocycles. The minimum absolute atomic E-state index is 0.0224. The fourth-order valence-electron chi connectivity index (χ4n) is 1.85. The van der Waals surface area contributed by atoms with Crippen molar-refractivity contribution in [2.45, 2.75) is 37.8 Å². The smallest absolute Gasteiger partial charge is 0.123 e. The topological polar surface area (TPSA) is 63.9 Å². The van der Waals surface area contributed by atoms with Crippen molar-refractivity contribution in [2.24, 2.45) is 5.73 Å². The average Bonchev–Trinajstić information content (AvgIpc) is 2.87. The van der Waals surface area contributed by atoms with E-state index in [0.29, 0.717) is 6.10 Å². The van der Waals surface area contributed by atoms with Crippen LogP contribution < -0.4 is 5.73 Å². The minimum atomic E-state index is 0.0224. The van der Waals surface area contributed by atoms with Gasteiger partial charge in [-0.15, -0.1) is 0 Å². The van der Waals surface area contributed by atoms with Crippen LogP contribution in [-0.4, -0.2) is 22.7 Å². The molecule has 1 aliphatic heterocycles. The number of nitrogens with two attached hydrogens (primary N) is 1. The summed E-state index contributed by atoms with van der Waals surface area (Å²) in [6.45, 7) is 0.917. The summed E-state index contributed by atoms with van der Waals surface area (Å²) in [5.41, 5.74) is 5.97. The Hall–Kier alpha value is -0.870. The molecule has 2 rings (SSSR count). The number of hydrogen-bond acceptors (Lipinski definition) is 3. The Balaban J connectivity index is 1.74. The van der Waals surface area contributed by atoms with Gasteiger partial charge in [0.2, 0.25) is 0 Å². The van der Waals surface area contributed by atoms with Gasteiger partial charge in [-0.3, -0.25) is 0 Å². The van der Waals surface area contributed by atoms with Crippen LogP contribution in [0.25, 0.3) is 0 Å². The monoisotopic (exact) mass is 195 g/mol. The third-order valence-corrected chi connectivity index (χ3v) is 2.69. The van der Waals surface area contributed by atoms with E-state index in [9.17, 15) is 0 Å². The molecule has 1 aromatic rings. The molecule has 14 heavy (non-hydrogen) atoms. The SMILES string of the molecule is NC(CCC1CCCO1)c1ncc[nH]1. The van der Waals surface area contributed by atoms with E-state index in [2.05, 4.69) is 9.97 Å². The Morgan fingerprint density at radius 2 is 2.64 bits per heavy atom. The van der Waals surface area contributed by atoms with Crippen LogP contribution in [0.5, 0.6) is 0 Å². The Labute approximate surface area is 83.9 Å². The van der Waals surface area contributed by atoms with Crippen LogP contribution >= 0.6 is 0 Å². The van der Waals surface area contributed by atoms with Crippen LogP contribution in [0.15, 0.2) is 12.4 Å². The maximum absolute atomic E-state index is 5.97. The normalized spacial score (nSPS) is 23.9. The molecule has 1 aliphatic rings. The summed E-state index contributed by atoms with van der Waals surface area (Å²) in [6.07, 6.45) is 8.34. The lowest BCUT2D eigenvalue weighted by Gasteiger charge is -2.12. The molecule has 2 unspecified atom stereocenters. The largest absolute Gasteiger partial charge is 0.378 e. The molecular weight excluding hydrogens is 178 g/mol. The van der Waals surface area contributed by atoms with Gasteiger partial charge in [0.25, 0.3) is 0 Å². The zero-order chi connectivity index (χ0) is 9.80. The second-order valence-electron chi connectivity index (χ2n) is 3.79. The molecule has 0 amide bonds. The summed E-state index contributed by atoms with van der Waals surface area (Å²) in [7, 11) is 0. The molecule has 3 N–H and O–H groups in total. The highest BCUT2D eigenvalue weighted by atomic mass is 16.5. The summed E-state index contributed by atoms with van der Waals surface area (Å²) in [5, 5.41) is 0. The van der Waals surface area contributed by atoms with E-state index < -0.39 is 0 Å². The molecule has 2 atom stereocenters. The highest BCUT2D eigenvalue weighted by Gasteiger charge is 2.17. The molecule has 4 nitrogen and oxygen atoms in total. The highest BCUT2D eigenvalue weighted by Crippen LogP contribution is 2.20. The first-order valence-electron chi connectivity index (χ1n) is 5.22. The quantitative estimate of drug-likeness (QED) is 0.762. The van der Waals surface area contributed by atoms with Crippen LogP contribution in [0.3, 0.4) is 0 Å². The minimum Gasteiger partial charge on any atom is -0.378 e. The van der Waals surface area contributed by atoms with Crippen molar-refractivity contribution in [3.8, 4) is 0 Å².